The Bertz CT molecular complexity index is 615. The molecule has 20 heavy (non-hydrogen) atoms. The number of hydrogen-bond donors (Lipinski definition) is 0. The average Bonchev–Trinajstić information content (AvgIpc) is 2.71. The van der Waals surface area contributed by atoms with Gasteiger partial charge >= 0.3 is 0 Å². The van der Waals surface area contributed by atoms with Crippen LogP contribution in [-0.4, -0.2) is 36.2 Å². The maximum atomic E-state index is 12.2. The number of hydrogen-bond acceptors (Lipinski definition) is 4. The molecule has 0 unspecified atom stereocenters. The van der Waals surface area contributed by atoms with E-state index in [0.717, 1.165) is 4.90 Å². The highest BCUT2D eigenvalue weighted by Gasteiger charge is 2.35. The van der Waals surface area contributed by atoms with E-state index < -0.39 is 0 Å². The van der Waals surface area contributed by atoms with E-state index in [2.05, 4.69) is 16.7 Å². The Balaban J connectivity index is 2.35. The predicted molar refractivity (Wildman–Crippen MR) is 78.4 cm³/mol. The number of halogens is 1. The summed E-state index contributed by atoms with van der Waals surface area (Å²) in [5, 5.41) is 0.0691. The van der Waals surface area contributed by atoms with Crippen molar-refractivity contribution in [3.05, 3.63) is 46.2 Å². The summed E-state index contributed by atoms with van der Waals surface area (Å²) in [6.45, 7) is 4.98. The van der Waals surface area contributed by atoms with Gasteiger partial charge in [-0.25, -0.2) is 0 Å². The molecule has 0 saturated heterocycles. The first kappa shape index (κ1) is 14.1. The zero-order valence-corrected chi connectivity index (χ0v) is 11.6. The number of rotatable bonds is 4. The molecule has 0 aliphatic carbocycles. The summed E-state index contributed by atoms with van der Waals surface area (Å²) in [6.07, 6.45) is 1.51. The zero-order valence-electron chi connectivity index (χ0n) is 10.8. The van der Waals surface area contributed by atoms with E-state index >= 15 is 0 Å². The van der Waals surface area contributed by atoms with Gasteiger partial charge in [0.15, 0.2) is 5.16 Å². The largest absolute Gasteiger partial charge is 0.269 e. The van der Waals surface area contributed by atoms with E-state index in [1.807, 2.05) is 0 Å². The van der Waals surface area contributed by atoms with Crippen molar-refractivity contribution >= 4 is 36.3 Å². The molecule has 102 valence electrons. The fourth-order valence-electron chi connectivity index (χ4n) is 1.94. The van der Waals surface area contributed by atoms with E-state index in [1.165, 1.54) is 6.21 Å². The van der Waals surface area contributed by atoms with Crippen LogP contribution in [0.2, 0.25) is 0 Å². The molecule has 0 atom stereocenters. The van der Waals surface area contributed by atoms with Crippen LogP contribution in [0.1, 0.15) is 27.6 Å². The second-order valence-electron chi connectivity index (χ2n) is 4.02. The van der Waals surface area contributed by atoms with Crippen LogP contribution in [0.5, 0.6) is 0 Å². The lowest BCUT2D eigenvalue weighted by Crippen LogP contribution is -2.31. The third-order valence-electron chi connectivity index (χ3n) is 2.85. The molecule has 0 aromatic heterocycles. The normalized spacial score (nSPS) is 15.6. The molecule has 1 aromatic carbocycles. The Labute approximate surface area is 121 Å². The summed E-state index contributed by atoms with van der Waals surface area (Å²) in [5.41, 5.74) is 1.10. The number of amides is 2. The number of aliphatic imine (C=N–C) groups is 2. The molecule has 0 fully saturated rings. The summed E-state index contributed by atoms with van der Waals surface area (Å²) in [7, 11) is 0. The van der Waals surface area contributed by atoms with Crippen molar-refractivity contribution in [3.8, 4) is 0 Å². The van der Waals surface area contributed by atoms with E-state index in [-0.39, 0.29) is 23.5 Å². The Kier molecular flexibility index (Phi) is 4.10. The Hall–Kier alpha value is -2.27. The first-order valence-corrected chi connectivity index (χ1v) is 6.27. The number of carbonyl (C=O) groups is 2. The Morgan fingerprint density at radius 1 is 1.30 bits per heavy atom. The van der Waals surface area contributed by atoms with Gasteiger partial charge < -0.3 is 0 Å². The minimum Gasteiger partial charge on any atom is -0.269 e. The molecule has 0 spiro atoms. The van der Waals surface area contributed by atoms with Gasteiger partial charge in [-0.2, -0.15) is 0 Å². The first-order valence-electron chi connectivity index (χ1n) is 5.89. The average molecular weight is 290 g/mol. The van der Waals surface area contributed by atoms with E-state index in [4.69, 9.17) is 11.6 Å². The third-order valence-corrected chi connectivity index (χ3v) is 3.19. The van der Waals surface area contributed by atoms with Gasteiger partial charge in [0.25, 0.3) is 11.8 Å². The second kappa shape index (κ2) is 5.79. The van der Waals surface area contributed by atoms with Gasteiger partial charge in [0, 0.05) is 6.21 Å². The fraction of sp³-hybridized carbons (Fsp3) is 0.143. The highest BCUT2D eigenvalue weighted by atomic mass is 35.5. The van der Waals surface area contributed by atoms with Crippen molar-refractivity contribution < 1.29 is 9.59 Å². The van der Waals surface area contributed by atoms with Gasteiger partial charge in [-0.3, -0.25) is 24.5 Å². The lowest BCUT2D eigenvalue weighted by atomic mass is 10.1. The van der Waals surface area contributed by atoms with Gasteiger partial charge in [0.1, 0.15) is 0 Å². The van der Waals surface area contributed by atoms with E-state index in [1.54, 1.807) is 31.2 Å². The second-order valence-corrected chi connectivity index (χ2v) is 4.38. The molecule has 2 amide bonds. The van der Waals surface area contributed by atoms with Crippen LogP contribution in [0.3, 0.4) is 0 Å². The Morgan fingerprint density at radius 3 is 2.30 bits per heavy atom. The first-order chi connectivity index (χ1) is 9.60. The van der Waals surface area contributed by atoms with Crippen LogP contribution in [0.4, 0.5) is 0 Å². The molecule has 1 aliphatic rings. The van der Waals surface area contributed by atoms with Crippen molar-refractivity contribution in [3.63, 3.8) is 0 Å². The van der Waals surface area contributed by atoms with Crippen molar-refractivity contribution in [1.82, 2.24) is 4.90 Å². The maximum Gasteiger partial charge on any atom is 0.261 e. The molecular formula is C14H12ClN3O2. The van der Waals surface area contributed by atoms with Crippen molar-refractivity contribution in [2.45, 2.75) is 6.92 Å². The highest BCUT2D eigenvalue weighted by Crippen LogP contribution is 2.24. The highest BCUT2D eigenvalue weighted by molar-refractivity contribution is 6.30. The molecule has 0 N–H and O–H groups in total. The van der Waals surface area contributed by atoms with Crippen LogP contribution in [0.15, 0.2) is 45.1 Å². The number of imide groups is 1. The van der Waals surface area contributed by atoms with Crippen LogP contribution in [-0.2, 0) is 0 Å². The summed E-state index contributed by atoms with van der Waals surface area (Å²) in [4.78, 5) is 33.1. The number of fused-ring (bicyclic) bond motifs is 1. The lowest BCUT2D eigenvalue weighted by Gasteiger charge is -2.14. The molecule has 5 nitrogen and oxygen atoms in total. The van der Waals surface area contributed by atoms with E-state index in [0.29, 0.717) is 16.8 Å². The van der Waals surface area contributed by atoms with Gasteiger partial charge in [0.2, 0.25) is 0 Å². The zero-order chi connectivity index (χ0) is 14.7. The monoisotopic (exact) mass is 289 g/mol. The third kappa shape index (κ3) is 2.40. The van der Waals surface area contributed by atoms with Crippen molar-refractivity contribution in [2.24, 2.45) is 9.98 Å². The van der Waals surface area contributed by atoms with Crippen LogP contribution in [0.25, 0.3) is 0 Å². The van der Waals surface area contributed by atoms with Crippen LogP contribution >= 0.6 is 11.6 Å². The van der Waals surface area contributed by atoms with Crippen LogP contribution < -0.4 is 0 Å². The lowest BCUT2D eigenvalue weighted by molar-refractivity contribution is 0.0667. The summed E-state index contributed by atoms with van der Waals surface area (Å²) < 4.78 is 0. The SMILES string of the molecule is C=N/C(Cl)=C(/CN1C(=O)c2ccccc2C1=O)N=CC. The molecule has 1 aromatic rings. The van der Waals surface area contributed by atoms with E-state index in [9.17, 15) is 9.59 Å². The molecule has 1 heterocycles. The molecule has 0 bridgehead atoms. The summed E-state index contributed by atoms with van der Waals surface area (Å²) in [6, 6.07) is 6.67. The van der Waals surface area contributed by atoms with Crippen LogP contribution in [0, 0.1) is 0 Å². The van der Waals surface area contributed by atoms with Crippen molar-refractivity contribution in [1.29, 1.82) is 0 Å². The number of carbonyl (C=O) groups excluding carboxylic acids is 2. The van der Waals surface area contributed by atoms with Gasteiger partial charge in [-0.1, -0.05) is 23.7 Å². The minimum atomic E-state index is -0.358. The molecule has 0 radical (unpaired) electrons. The summed E-state index contributed by atoms with van der Waals surface area (Å²) >= 11 is 5.88. The minimum absolute atomic E-state index is 0.0332. The van der Waals surface area contributed by atoms with Crippen molar-refractivity contribution in [2.75, 3.05) is 6.54 Å². The molecular weight excluding hydrogens is 278 g/mol. The van der Waals surface area contributed by atoms with Gasteiger partial charge in [-0.15, -0.1) is 0 Å². The predicted octanol–water partition coefficient (Wildman–Crippen LogP) is 2.48. The quantitative estimate of drug-likeness (QED) is 0.486. The summed E-state index contributed by atoms with van der Waals surface area (Å²) in [5.74, 6) is -0.717. The fourth-order valence-corrected chi connectivity index (χ4v) is 2.05. The van der Waals surface area contributed by atoms with Gasteiger partial charge in [-0.05, 0) is 25.8 Å². The molecule has 1 aliphatic heterocycles. The Morgan fingerprint density at radius 2 is 1.85 bits per heavy atom. The molecule has 0 saturated carbocycles. The standard InChI is InChI=1S/C14H12ClN3O2/c1-3-17-11(12(15)16-2)8-18-13(19)9-6-4-5-7-10(9)14(18)20/h3-7H,2,8H2,1H3/b12-11-,17-3?. The smallest absolute Gasteiger partial charge is 0.261 e. The maximum absolute atomic E-state index is 12.2. The van der Waals surface area contributed by atoms with Gasteiger partial charge in [0.05, 0.1) is 23.4 Å². The topological polar surface area (TPSA) is 62.1 Å². The molecule has 2 rings (SSSR count). The number of benzene rings is 1. The number of nitrogens with zero attached hydrogens (tertiary/aromatic N) is 3. The molecule has 6 heteroatoms.